The van der Waals surface area contributed by atoms with Crippen LogP contribution in [0.3, 0.4) is 0 Å². The molecule has 1 aromatic heterocycles. The maximum absolute atomic E-state index is 11.5. The van der Waals surface area contributed by atoms with E-state index in [0.29, 0.717) is 10.8 Å². The molecule has 0 radical (unpaired) electrons. The Morgan fingerprint density at radius 2 is 2.05 bits per heavy atom. The van der Waals surface area contributed by atoms with Crippen LogP contribution < -0.4 is 16.4 Å². The number of nitrogens with two attached hydrogens (primary N) is 1. The Kier molecular flexibility index (Phi) is 5.43. The highest BCUT2D eigenvalue weighted by atomic mass is 35.5. The summed E-state index contributed by atoms with van der Waals surface area (Å²) in [6.07, 6.45) is 0. The molecule has 0 bridgehead atoms. The first-order valence-corrected chi connectivity index (χ1v) is 6.52. The van der Waals surface area contributed by atoms with Crippen molar-refractivity contribution in [2.75, 3.05) is 10.6 Å². The van der Waals surface area contributed by atoms with Gasteiger partial charge >= 0.3 is 0 Å². The van der Waals surface area contributed by atoms with Crippen molar-refractivity contribution >= 4 is 56.6 Å². The number of nitrogens with zero attached hydrogens (tertiary/aromatic N) is 1. The van der Waals surface area contributed by atoms with E-state index in [-0.39, 0.29) is 24.2 Å². The summed E-state index contributed by atoms with van der Waals surface area (Å²) in [5, 5.41) is 5.84. The first kappa shape index (κ1) is 16.4. The quantitative estimate of drug-likeness (QED) is 0.806. The van der Waals surface area contributed by atoms with Crippen molar-refractivity contribution in [3.05, 3.63) is 18.2 Å². The van der Waals surface area contributed by atoms with Crippen LogP contribution in [-0.4, -0.2) is 22.8 Å². The molecule has 2 rings (SSSR count). The number of halogens is 1. The van der Waals surface area contributed by atoms with Gasteiger partial charge in [-0.15, -0.1) is 12.4 Å². The average molecular weight is 315 g/mol. The highest BCUT2D eigenvalue weighted by Gasteiger charge is 2.11. The number of anilines is 2. The van der Waals surface area contributed by atoms with Gasteiger partial charge in [-0.2, -0.15) is 0 Å². The van der Waals surface area contributed by atoms with Gasteiger partial charge < -0.3 is 16.4 Å². The Bertz CT molecular complexity index is 641. The van der Waals surface area contributed by atoms with Crippen LogP contribution in [0.2, 0.25) is 0 Å². The zero-order valence-corrected chi connectivity index (χ0v) is 12.6. The molecule has 1 aromatic carbocycles. The Balaban J connectivity index is 0.00000200. The third-order valence-electron chi connectivity index (χ3n) is 2.35. The van der Waals surface area contributed by atoms with Crippen LogP contribution in [-0.2, 0) is 9.59 Å². The number of thiazole rings is 1. The van der Waals surface area contributed by atoms with E-state index in [1.165, 1.54) is 18.3 Å². The third kappa shape index (κ3) is 3.89. The molecule has 1 atom stereocenters. The molecule has 1 heterocycles. The Morgan fingerprint density at radius 1 is 1.35 bits per heavy atom. The van der Waals surface area contributed by atoms with Gasteiger partial charge in [-0.25, -0.2) is 4.98 Å². The van der Waals surface area contributed by atoms with Gasteiger partial charge in [0.1, 0.15) is 0 Å². The predicted molar refractivity (Wildman–Crippen MR) is 83.5 cm³/mol. The summed E-state index contributed by atoms with van der Waals surface area (Å²) in [5.41, 5.74) is 6.94. The molecular weight excluding hydrogens is 300 g/mol. The summed E-state index contributed by atoms with van der Waals surface area (Å²) in [4.78, 5) is 26.7. The SMILES string of the molecule is CC(=O)Nc1ccc2nc(NC(=O)C(C)N)sc2c1.Cl. The van der Waals surface area contributed by atoms with E-state index in [1.54, 1.807) is 19.1 Å². The molecule has 0 aliphatic rings. The van der Waals surface area contributed by atoms with Crippen LogP contribution >= 0.6 is 23.7 Å². The molecule has 0 spiro atoms. The molecule has 1 unspecified atom stereocenters. The largest absolute Gasteiger partial charge is 0.326 e. The number of carbonyl (C=O) groups excluding carboxylic acids is 2. The minimum absolute atomic E-state index is 0. The van der Waals surface area contributed by atoms with E-state index in [9.17, 15) is 9.59 Å². The number of benzene rings is 1. The maximum atomic E-state index is 11.5. The number of amides is 2. The van der Waals surface area contributed by atoms with Crippen molar-refractivity contribution in [2.45, 2.75) is 19.9 Å². The molecule has 108 valence electrons. The zero-order chi connectivity index (χ0) is 14.0. The molecule has 2 amide bonds. The van der Waals surface area contributed by atoms with E-state index >= 15 is 0 Å². The Hall–Kier alpha value is -1.70. The molecule has 6 nitrogen and oxygen atoms in total. The van der Waals surface area contributed by atoms with E-state index in [4.69, 9.17) is 5.73 Å². The molecule has 0 aliphatic carbocycles. The van der Waals surface area contributed by atoms with E-state index in [2.05, 4.69) is 15.6 Å². The van der Waals surface area contributed by atoms with Crippen LogP contribution in [0.15, 0.2) is 18.2 Å². The number of rotatable bonds is 3. The third-order valence-corrected chi connectivity index (χ3v) is 3.29. The van der Waals surface area contributed by atoms with Crippen molar-refractivity contribution in [3.8, 4) is 0 Å². The Morgan fingerprint density at radius 3 is 2.65 bits per heavy atom. The highest BCUT2D eigenvalue weighted by Crippen LogP contribution is 2.28. The zero-order valence-electron chi connectivity index (χ0n) is 11.0. The molecular formula is C12H15ClN4O2S. The lowest BCUT2D eigenvalue weighted by atomic mass is 10.3. The van der Waals surface area contributed by atoms with Crippen LogP contribution in [0.4, 0.5) is 10.8 Å². The van der Waals surface area contributed by atoms with Gasteiger partial charge in [0.25, 0.3) is 0 Å². The molecule has 0 saturated heterocycles. The van der Waals surface area contributed by atoms with E-state index in [0.717, 1.165) is 10.2 Å². The number of aromatic nitrogens is 1. The molecule has 8 heteroatoms. The van der Waals surface area contributed by atoms with Crippen molar-refractivity contribution in [1.29, 1.82) is 0 Å². The summed E-state index contributed by atoms with van der Waals surface area (Å²) < 4.78 is 0.881. The molecule has 2 aromatic rings. The lowest BCUT2D eigenvalue weighted by Gasteiger charge is -2.02. The molecule has 20 heavy (non-hydrogen) atoms. The summed E-state index contributed by atoms with van der Waals surface area (Å²) in [5.74, 6) is -0.407. The van der Waals surface area contributed by atoms with Crippen LogP contribution in [0, 0.1) is 0 Å². The highest BCUT2D eigenvalue weighted by molar-refractivity contribution is 7.22. The minimum Gasteiger partial charge on any atom is -0.326 e. The van der Waals surface area contributed by atoms with Crippen LogP contribution in [0.25, 0.3) is 10.2 Å². The minimum atomic E-state index is -0.582. The monoisotopic (exact) mass is 314 g/mol. The van der Waals surface area contributed by atoms with Gasteiger partial charge in [0.15, 0.2) is 5.13 Å². The van der Waals surface area contributed by atoms with E-state index in [1.807, 2.05) is 6.07 Å². The second-order valence-corrected chi connectivity index (χ2v) is 5.19. The standard InChI is InChI=1S/C12H14N4O2S.ClH/c1-6(13)11(18)16-12-15-9-4-3-8(14-7(2)17)5-10(9)19-12;/h3-6H,13H2,1-2H3,(H,14,17)(H,15,16,18);1H. The fraction of sp³-hybridized carbons (Fsp3) is 0.250. The summed E-state index contributed by atoms with van der Waals surface area (Å²) >= 11 is 1.33. The second kappa shape index (κ2) is 6.65. The summed E-state index contributed by atoms with van der Waals surface area (Å²) in [7, 11) is 0. The molecule has 0 saturated carbocycles. The lowest BCUT2D eigenvalue weighted by molar-refractivity contribution is -0.117. The summed E-state index contributed by atoms with van der Waals surface area (Å²) in [6.45, 7) is 3.06. The maximum Gasteiger partial charge on any atom is 0.242 e. The summed E-state index contributed by atoms with van der Waals surface area (Å²) in [6, 6.07) is 4.79. The lowest BCUT2D eigenvalue weighted by Crippen LogP contribution is -2.32. The number of fused-ring (bicyclic) bond motifs is 1. The number of nitrogens with one attached hydrogen (secondary N) is 2. The van der Waals surface area contributed by atoms with Crippen molar-refractivity contribution in [1.82, 2.24) is 4.98 Å². The van der Waals surface area contributed by atoms with Crippen molar-refractivity contribution < 1.29 is 9.59 Å². The van der Waals surface area contributed by atoms with Crippen molar-refractivity contribution in [3.63, 3.8) is 0 Å². The van der Waals surface area contributed by atoms with Gasteiger partial charge in [0.2, 0.25) is 11.8 Å². The van der Waals surface area contributed by atoms with Gasteiger partial charge in [0.05, 0.1) is 16.3 Å². The average Bonchev–Trinajstić information content (AvgIpc) is 2.69. The first-order valence-electron chi connectivity index (χ1n) is 5.70. The first-order chi connectivity index (χ1) is 8.95. The Labute approximate surface area is 126 Å². The number of carbonyl (C=O) groups is 2. The normalized spacial score (nSPS) is 11.6. The second-order valence-electron chi connectivity index (χ2n) is 4.16. The fourth-order valence-corrected chi connectivity index (χ4v) is 2.39. The molecule has 0 aliphatic heterocycles. The van der Waals surface area contributed by atoms with Gasteiger partial charge in [-0.1, -0.05) is 11.3 Å². The van der Waals surface area contributed by atoms with Gasteiger partial charge in [-0.3, -0.25) is 9.59 Å². The number of hydrogen-bond donors (Lipinski definition) is 3. The van der Waals surface area contributed by atoms with Gasteiger partial charge in [-0.05, 0) is 25.1 Å². The predicted octanol–water partition coefficient (Wildman–Crippen LogP) is 1.96. The van der Waals surface area contributed by atoms with Crippen LogP contribution in [0.1, 0.15) is 13.8 Å². The smallest absolute Gasteiger partial charge is 0.242 e. The number of hydrogen-bond acceptors (Lipinski definition) is 5. The topological polar surface area (TPSA) is 97.1 Å². The van der Waals surface area contributed by atoms with Gasteiger partial charge in [0, 0.05) is 12.6 Å². The molecule has 4 N–H and O–H groups in total. The van der Waals surface area contributed by atoms with E-state index < -0.39 is 6.04 Å². The fourth-order valence-electron chi connectivity index (χ4n) is 1.48. The molecule has 0 fully saturated rings. The van der Waals surface area contributed by atoms with Crippen molar-refractivity contribution in [2.24, 2.45) is 5.73 Å². The van der Waals surface area contributed by atoms with Crippen LogP contribution in [0.5, 0.6) is 0 Å².